The molecule has 0 amide bonds. The molecule has 64 valence electrons. The summed E-state index contributed by atoms with van der Waals surface area (Å²) in [5.74, 6) is -0.278. The average Bonchev–Trinajstić information content (AvgIpc) is 2.47. The van der Waals surface area contributed by atoms with Crippen molar-refractivity contribution in [1.82, 2.24) is 0 Å². The molecule has 2 nitrogen and oxygen atoms in total. The van der Waals surface area contributed by atoms with Crippen molar-refractivity contribution in [2.75, 3.05) is 6.61 Å². The molecule has 1 atom stereocenters. The predicted octanol–water partition coefficient (Wildman–Crippen LogP) is 2.19. The number of hydrogen-bond acceptors (Lipinski definition) is 3. The molecule has 1 aromatic rings. The predicted molar refractivity (Wildman–Crippen MR) is 51.9 cm³/mol. The first kappa shape index (κ1) is 9.72. The molecule has 0 aliphatic carbocycles. The second kappa shape index (κ2) is 4.61. The van der Waals surface area contributed by atoms with Gasteiger partial charge in [-0.1, -0.05) is 0 Å². The van der Waals surface area contributed by atoms with E-state index in [2.05, 4.69) is 22.0 Å². The largest absolute Gasteiger partial charge is 0.395 e. The Morgan fingerprint density at radius 1 is 1.75 bits per heavy atom. The number of aliphatic hydroxyl groups excluding tert-OH is 1. The van der Waals surface area contributed by atoms with Crippen molar-refractivity contribution < 1.29 is 5.11 Å². The summed E-state index contributed by atoms with van der Waals surface area (Å²) in [6.45, 7) is -0.0686. The van der Waals surface area contributed by atoms with E-state index in [1.54, 1.807) is 11.3 Å². The minimum atomic E-state index is -0.278. The number of hydrogen-bond donors (Lipinski definition) is 1. The average molecular weight is 246 g/mol. The number of nitrogens with zero attached hydrogens (tertiary/aromatic N) is 1. The zero-order valence-electron chi connectivity index (χ0n) is 6.33. The monoisotopic (exact) mass is 245 g/mol. The quantitative estimate of drug-likeness (QED) is 0.888. The van der Waals surface area contributed by atoms with E-state index in [1.807, 2.05) is 11.4 Å². The van der Waals surface area contributed by atoms with Crippen LogP contribution >= 0.6 is 27.3 Å². The van der Waals surface area contributed by atoms with Gasteiger partial charge in [-0.15, -0.1) is 11.3 Å². The normalized spacial score (nSPS) is 12.4. The Labute approximate surface area is 83.6 Å². The summed E-state index contributed by atoms with van der Waals surface area (Å²) in [7, 11) is 0. The Bertz CT molecular complexity index is 291. The first-order valence-electron chi connectivity index (χ1n) is 3.50. The molecule has 4 heteroatoms. The van der Waals surface area contributed by atoms with Gasteiger partial charge in [-0.05, 0) is 27.4 Å². The van der Waals surface area contributed by atoms with Crippen molar-refractivity contribution >= 4 is 27.3 Å². The molecule has 0 fully saturated rings. The Morgan fingerprint density at radius 2 is 2.50 bits per heavy atom. The van der Waals surface area contributed by atoms with E-state index in [0.29, 0.717) is 6.42 Å². The fourth-order valence-corrected chi connectivity index (χ4v) is 2.44. The van der Waals surface area contributed by atoms with Gasteiger partial charge in [-0.3, -0.25) is 0 Å². The molecule has 0 aliphatic rings. The van der Waals surface area contributed by atoms with Gasteiger partial charge >= 0.3 is 0 Å². The summed E-state index contributed by atoms with van der Waals surface area (Å²) in [6, 6.07) is 4.00. The van der Waals surface area contributed by atoms with Gasteiger partial charge in [-0.2, -0.15) is 5.26 Å². The zero-order chi connectivity index (χ0) is 8.97. The van der Waals surface area contributed by atoms with Gasteiger partial charge in [0, 0.05) is 15.8 Å². The molecule has 1 heterocycles. The van der Waals surface area contributed by atoms with Crippen molar-refractivity contribution in [1.29, 1.82) is 5.26 Å². The van der Waals surface area contributed by atoms with Crippen molar-refractivity contribution in [2.45, 2.75) is 6.42 Å². The SMILES string of the molecule is N#CC(CO)Cc1sccc1Br. The third kappa shape index (κ3) is 2.31. The van der Waals surface area contributed by atoms with Crippen molar-refractivity contribution in [3.63, 3.8) is 0 Å². The number of rotatable bonds is 3. The van der Waals surface area contributed by atoms with E-state index < -0.39 is 0 Å². The van der Waals surface area contributed by atoms with Crippen LogP contribution in [0.5, 0.6) is 0 Å². The highest BCUT2D eigenvalue weighted by Gasteiger charge is 2.09. The molecule has 0 saturated carbocycles. The number of halogens is 1. The second-order valence-corrected chi connectivity index (χ2v) is 4.26. The summed E-state index contributed by atoms with van der Waals surface area (Å²) in [4.78, 5) is 1.12. The summed E-state index contributed by atoms with van der Waals surface area (Å²) in [5, 5.41) is 19.3. The first-order valence-corrected chi connectivity index (χ1v) is 5.17. The van der Waals surface area contributed by atoms with Crippen LogP contribution in [0.2, 0.25) is 0 Å². The van der Waals surface area contributed by atoms with Crippen molar-refractivity contribution in [3.8, 4) is 6.07 Å². The van der Waals surface area contributed by atoms with Crippen LogP contribution in [-0.2, 0) is 6.42 Å². The number of nitriles is 1. The maximum atomic E-state index is 8.78. The van der Waals surface area contributed by atoms with Crippen LogP contribution in [0.1, 0.15) is 4.88 Å². The fourth-order valence-electron chi connectivity index (χ4n) is 0.846. The molecule has 0 saturated heterocycles. The Balaban J connectivity index is 2.64. The lowest BCUT2D eigenvalue weighted by atomic mass is 10.1. The van der Waals surface area contributed by atoms with Crippen molar-refractivity contribution in [2.24, 2.45) is 5.92 Å². The number of aliphatic hydroxyl groups is 1. The van der Waals surface area contributed by atoms with E-state index >= 15 is 0 Å². The Kier molecular flexibility index (Phi) is 3.73. The van der Waals surface area contributed by atoms with E-state index in [0.717, 1.165) is 9.35 Å². The zero-order valence-corrected chi connectivity index (χ0v) is 8.73. The highest BCUT2D eigenvalue weighted by atomic mass is 79.9. The van der Waals surface area contributed by atoms with Crippen LogP contribution in [0, 0.1) is 17.2 Å². The summed E-state index contributed by atoms with van der Waals surface area (Å²) in [6.07, 6.45) is 0.630. The Morgan fingerprint density at radius 3 is 2.92 bits per heavy atom. The van der Waals surface area contributed by atoms with Gasteiger partial charge < -0.3 is 5.11 Å². The third-order valence-electron chi connectivity index (χ3n) is 1.53. The van der Waals surface area contributed by atoms with Gasteiger partial charge in [0.1, 0.15) is 0 Å². The van der Waals surface area contributed by atoms with Crippen LogP contribution in [-0.4, -0.2) is 11.7 Å². The van der Waals surface area contributed by atoms with Gasteiger partial charge in [0.15, 0.2) is 0 Å². The molecule has 0 spiro atoms. The first-order chi connectivity index (χ1) is 5.77. The van der Waals surface area contributed by atoms with E-state index in [4.69, 9.17) is 10.4 Å². The maximum Gasteiger partial charge on any atom is 0.0742 e. The van der Waals surface area contributed by atoms with Gasteiger partial charge in [0.2, 0.25) is 0 Å². The topological polar surface area (TPSA) is 44.0 Å². The molecule has 1 unspecified atom stereocenters. The molecule has 1 aromatic heterocycles. The van der Waals surface area contributed by atoms with Gasteiger partial charge in [0.25, 0.3) is 0 Å². The smallest absolute Gasteiger partial charge is 0.0742 e. The number of thiophene rings is 1. The fraction of sp³-hybridized carbons (Fsp3) is 0.375. The lowest BCUT2D eigenvalue weighted by Gasteiger charge is -2.02. The highest BCUT2D eigenvalue weighted by molar-refractivity contribution is 9.10. The second-order valence-electron chi connectivity index (χ2n) is 2.40. The molecular weight excluding hydrogens is 238 g/mol. The van der Waals surface area contributed by atoms with Crippen LogP contribution in [0.4, 0.5) is 0 Å². The molecule has 0 radical (unpaired) electrons. The Hall–Kier alpha value is -0.370. The van der Waals surface area contributed by atoms with E-state index in [-0.39, 0.29) is 12.5 Å². The van der Waals surface area contributed by atoms with E-state index in [1.165, 1.54) is 0 Å². The third-order valence-corrected chi connectivity index (χ3v) is 3.47. The minimum absolute atomic E-state index is 0.0686. The van der Waals surface area contributed by atoms with Crippen LogP contribution in [0.15, 0.2) is 15.9 Å². The molecule has 1 rings (SSSR count). The minimum Gasteiger partial charge on any atom is -0.395 e. The van der Waals surface area contributed by atoms with E-state index in [9.17, 15) is 0 Å². The highest BCUT2D eigenvalue weighted by Crippen LogP contribution is 2.25. The van der Waals surface area contributed by atoms with Crippen LogP contribution < -0.4 is 0 Å². The maximum absolute atomic E-state index is 8.78. The van der Waals surface area contributed by atoms with Crippen LogP contribution in [0.3, 0.4) is 0 Å². The van der Waals surface area contributed by atoms with Crippen LogP contribution in [0.25, 0.3) is 0 Å². The summed E-state index contributed by atoms with van der Waals surface area (Å²) >= 11 is 4.97. The molecule has 1 N–H and O–H groups in total. The lowest BCUT2D eigenvalue weighted by molar-refractivity contribution is 0.256. The lowest BCUT2D eigenvalue weighted by Crippen LogP contribution is -2.05. The molecule has 0 aromatic carbocycles. The molecule has 0 bridgehead atoms. The summed E-state index contributed by atoms with van der Waals surface area (Å²) in [5.41, 5.74) is 0. The summed E-state index contributed by atoms with van der Waals surface area (Å²) < 4.78 is 1.03. The standard InChI is InChI=1S/C8H8BrNOS/c9-7-1-2-12-8(7)3-6(4-10)5-11/h1-2,6,11H,3,5H2. The van der Waals surface area contributed by atoms with Gasteiger partial charge in [-0.25, -0.2) is 0 Å². The molecular formula is C8H8BrNOS. The van der Waals surface area contributed by atoms with Crippen molar-refractivity contribution in [3.05, 3.63) is 20.8 Å². The molecule has 12 heavy (non-hydrogen) atoms. The molecule has 0 aliphatic heterocycles. The van der Waals surface area contributed by atoms with Gasteiger partial charge in [0.05, 0.1) is 18.6 Å².